The van der Waals surface area contributed by atoms with Gasteiger partial charge in [0.25, 0.3) is 0 Å². The fourth-order valence-corrected chi connectivity index (χ4v) is 4.79. The van der Waals surface area contributed by atoms with Crippen molar-refractivity contribution >= 4 is 29.1 Å². The smallest absolute Gasteiger partial charge is 0.243 e. The second-order valence-electron chi connectivity index (χ2n) is 8.46. The Morgan fingerprint density at radius 3 is 2.73 bits per heavy atom. The lowest BCUT2D eigenvalue weighted by Gasteiger charge is -2.26. The van der Waals surface area contributed by atoms with Crippen LogP contribution in [0.3, 0.4) is 0 Å². The van der Waals surface area contributed by atoms with Crippen molar-refractivity contribution in [1.29, 1.82) is 0 Å². The molecule has 0 aromatic carbocycles. The summed E-state index contributed by atoms with van der Waals surface area (Å²) >= 11 is 1.74. The summed E-state index contributed by atoms with van der Waals surface area (Å²) < 4.78 is 0. The summed E-state index contributed by atoms with van der Waals surface area (Å²) in [6.07, 6.45) is 7.51. The molecule has 1 saturated carbocycles. The van der Waals surface area contributed by atoms with Gasteiger partial charge in [-0.2, -0.15) is 0 Å². The average Bonchev–Trinajstić information content (AvgIpc) is 3.44. The number of likely N-dealkylation sites (N-methyl/N-ethyl adjacent to an activating group) is 1. The molecule has 1 atom stereocenters. The van der Waals surface area contributed by atoms with E-state index in [2.05, 4.69) is 33.1 Å². The van der Waals surface area contributed by atoms with Crippen molar-refractivity contribution in [3.63, 3.8) is 0 Å². The van der Waals surface area contributed by atoms with Gasteiger partial charge in [-0.1, -0.05) is 25.3 Å². The number of nitrogens with one attached hydrogen (secondary N) is 2. The predicted molar refractivity (Wildman–Crippen MR) is 122 cm³/mol. The largest absolute Gasteiger partial charge is 0.356 e. The van der Waals surface area contributed by atoms with E-state index in [1.54, 1.807) is 30.3 Å². The molecule has 3 rings (SSSR count). The van der Waals surface area contributed by atoms with Gasteiger partial charge in [0.2, 0.25) is 11.8 Å². The Hall–Kier alpha value is -2.09. The minimum atomic E-state index is -0.0325. The van der Waals surface area contributed by atoms with Crippen LogP contribution in [-0.2, 0) is 16.0 Å². The standard InChI is InChI=1S/C22H35N5O2S/c1-26(2)20(28)15-24-22(23-12-10-19-9-6-14-30-19)25-18-11-13-27(16-18)21(29)17-7-4-3-5-8-17/h6,9,14,17-18H,3-5,7-8,10-13,15-16H2,1-2H3,(H2,23,24,25). The van der Waals surface area contributed by atoms with E-state index in [1.807, 2.05) is 4.90 Å². The Balaban J connectivity index is 1.52. The molecule has 0 radical (unpaired) electrons. The summed E-state index contributed by atoms with van der Waals surface area (Å²) in [5.74, 6) is 1.16. The molecule has 8 heteroatoms. The van der Waals surface area contributed by atoms with Crippen LogP contribution >= 0.6 is 11.3 Å². The van der Waals surface area contributed by atoms with E-state index in [4.69, 9.17) is 0 Å². The number of nitrogens with zero attached hydrogens (tertiary/aromatic N) is 3. The first-order chi connectivity index (χ1) is 14.5. The first-order valence-corrected chi connectivity index (χ1v) is 12.0. The molecule has 1 aliphatic heterocycles. The normalized spacial score (nSPS) is 20.3. The number of amides is 2. The topological polar surface area (TPSA) is 77.0 Å². The second-order valence-corrected chi connectivity index (χ2v) is 9.49. The highest BCUT2D eigenvalue weighted by atomic mass is 32.1. The third kappa shape index (κ3) is 6.72. The van der Waals surface area contributed by atoms with Gasteiger partial charge in [0.15, 0.2) is 5.96 Å². The van der Waals surface area contributed by atoms with Gasteiger partial charge in [-0.3, -0.25) is 9.59 Å². The predicted octanol–water partition coefficient (Wildman–Crippen LogP) is 2.10. The fraction of sp³-hybridized carbons (Fsp3) is 0.682. The number of thiophene rings is 1. The molecule has 7 nitrogen and oxygen atoms in total. The quantitative estimate of drug-likeness (QED) is 0.510. The molecule has 1 aromatic heterocycles. The van der Waals surface area contributed by atoms with Crippen LogP contribution in [0.5, 0.6) is 0 Å². The molecule has 2 aliphatic rings. The van der Waals surface area contributed by atoms with Gasteiger partial charge in [-0.05, 0) is 37.1 Å². The lowest BCUT2D eigenvalue weighted by Crippen LogP contribution is -2.46. The molecule has 2 amide bonds. The number of carbonyl (C=O) groups excluding carboxylic acids is 2. The first kappa shape index (κ1) is 22.6. The van der Waals surface area contributed by atoms with Gasteiger partial charge in [0.1, 0.15) is 6.54 Å². The Labute approximate surface area is 183 Å². The van der Waals surface area contributed by atoms with Crippen LogP contribution in [0, 0.1) is 5.92 Å². The van der Waals surface area contributed by atoms with E-state index in [9.17, 15) is 9.59 Å². The molecule has 2 heterocycles. The molecule has 0 spiro atoms. The molecule has 1 saturated heterocycles. The lowest BCUT2D eigenvalue weighted by atomic mass is 9.88. The minimum absolute atomic E-state index is 0.0325. The molecule has 30 heavy (non-hydrogen) atoms. The van der Waals surface area contributed by atoms with E-state index in [0.717, 1.165) is 38.8 Å². The number of guanidine groups is 1. The Kier molecular flexibility index (Phi) is 8.54. The summed E-state index contributed by atoms with van der Waals surface area (Å²) in [6.45, 7) is 2.37. The van der Waals surface area contributed by atoms with Crippen molar-refractivity contribution in [3.05, 3.63) is 22.4 Å². The van der Waals surface area contributed by atoms with Crippen LogP contribution in [0.1, 0.15) is 43.4 Å². The van der Waals surface area contributed by atoms with Gasteiger partial charge < -0.3 is 20.4 Å². The van der Waals surface area contributed by atoms with Crippen molar-refractivity contribution in [2.45, 2.75) is 51.0 Å². The zero-order valence-corrected chi connectivity index (χ0v) is 19.0. The van der Waals surface area contributed by atoms with Crippen molar-refractivity contribution in [3.8, 4) is 0 Å². The Bertz CT molecular complexity index is 713. The Morgan fingerprint density at radius 2 is 2.03 bits per heavy atom. The SMILES string of the molecule is CN(C)C(=O)CN=C(NCCc1cccs1)NC1CCN(C(=O)C2CCCCC2)C1. The van der Waals surface area contributed by atoms with Crippen LogP contribution in [0.2, 0.25) is 0 Å². The van der Waals surface area contributed by atoms with Crippen LogP contribution in [-0.4, -0.2) is 73.9 Å². The highest BCUT2D eigenvalue weighted by Gasteiger charge is 2.31. The number of hydrogen-bond donors (Lipinski definition) is 2. The van der Waals surface area contributed by atoms with Gasteiger partial charge >= 0.3 is 0 Å². The molecule has 166 valence electrons. The summed E-state index contributed by atoms with van der Waals surface area (Å²) in [5.41, 5.74) is 0. The fourth-order valence-electron chi connectivity index (χ4n) is 4.08. The first-order valence-electron chi connectivity index (χ1n) is 11.1. The summed E-state index contributed by atoms with van der Waals surface area (Å²) in [5, 5.41) is 8.89. The maximum absolute atomic E-state index is 12.8. The maximum Gasteiger partial charge on any atom is 0.243 e. The van der Waals surface area contributed by atoms with E-state index >= 15 is 0 Å². The summed E-state index contributed by atoms with van der Waals surface area (Å²) in [6, 6.07) is 4.34. The van der Waals surface area contributed by atoms with Crippen molar-refractivity contribution in [2.75, 3.05) is 40.3 Å². The van der Waals surface area contributed by atoms with E-state index < -0.39 is 0 Å². The number of carbonyl (C=O) groups is 2. The molecule has 2 N–H and O–H groups in total. The maximum atomic E-state index is 12.8. The van der Waals surface area contributed by atoms with E-state index in [-0.39, 0.29) is 24.4 Å². The van der Waals surface area contributed by atoms with Gasteiger partial charge in [0, 0.05) is 50.6 Å². The molecular weight excluding hydrogens is 398 g/mol. The molecule has 0 bridgehead atoms. The molecule has 1 aliphatic carbocycles. The van der Waals surface area contributed by atoms with Crippen LogP contribution in [0.15, 0.2) is 22.5 Å². The van der Waals surface area contributed by atoms with Crippen molar-refractivity contribution in [1.82, 2.24) is 20.4 Å². The van der Waals surface area contributed by atoms with Gasteiger partial charge in [-0.25, -0.2) is 4.99 Å². The third-order valence-corrected chi connectivity index (χ3v) is 6.85. The van der Waals surface area contributed by atoms with Crippen LogP contribution in [0.4, 0.5) is 0 Å². The zero-order chi connectivity index (χ0) is 21.3. The molecule has 1 unspecified atom stereocenters. The number of hydrogen-bond acceptors (Lipinski definition) is 4. The molecule has 2 fully saturated rings. The van der Waals surface area contributed by atoms with E-state index in [0.29, 0.717) is 18.4 Å². The monoisotopic (exact) mass is 433 g/mol. The number of rotatable bonds is 7. The van der Waals surface area contributed by atoms with Crippen LogP contribution in [0.25, 0.3) is 0 Å². The molecular formula is C22H35N5O2S. The number of likely N-dealkylation sites (tertiary alicyclic amines) is 1. The summed E-state index contributed by atoms with van der Waals surface area (Å²) in [7, 11) is 3.47. The van der Waals surface area contributed by atoms with Crippen molar-refractivity contribution < 1.29 is 9.59 Å². The highest BCUT2D eigenvalue weighted by molar-refractivity contribution is 7.09. The minimum Gasteiger partial charge on any atom is -0.356 e. The van der Waals surface area contributed by atoms with Crippen LogP contribution < -0.4 is 10.6 Å². The van der Waals surface area contributed by atoms with Crippen molar-refractivity contribution in [2.24, 2.45) is 10.9 Å². The van der Waals surface area contributed by atoms with Gasteiger partial charge in [0.05, 0.1) is 0 Å². The zero-order valence-electron chi connectivity index (χ0n) is 18.2. The summed E-state index contributed by atoms with van der Waals surface area (Å²) in [4.78, 5) is 34.2. The average molecular weight is 434 g/mol. The Morgan fingerprint density at radius 1 is 1.23 bits per heavy atom. The molecule has 1 aromatic rings. The van der Waals surface area contributed by atoms with E-state index in [1.165, 1.54) is 24.1 Å². The third-order valence-electron chi connectivity index (χ3n) is 5.91. The lowest BCUT2D eigenvalue weighted by molar-refractivity contribution is -0.135. The van der Waals surface area contributed by atoms with Gasteiger partial charge in [-0.15, -0.1) is 11.3 Å². The number of aliphatic imine (C=N–C) groups is 1. The second kappa shape index (κ2) is 11.3. The highest BCUT2D eigenvalue weighted by Crippen LogP contribution is 2.26.